The van der Waals surface area contributed by atoms with Crippen LogP contribution >= 0.6 is 11.6 Å². The summed E-state index contributed by atoms with van der Waals surface area (Å²) in [5.74, 6) is -0.750. The van der Waals surface area contributed by atoms with Crippen molar-refractivity contribution in [3.63, 3.8) is 0 Å². The molecular formula is C36H47ClN3O5Si+. The Hall–Kier alpha value is -3.50. The van der Waals surface area contributed by atoms with Gasteiger partial charge in [0.05, 0.1) is 25.4 Å². The van der Waals surface area contributed by atoms with Crippen LogP contribution in [0.2, 0.25) is 13.1 Å². The van der Waals surface area contributed by atoms with Crippen molar-refractivity contribution in [3.8, 4) is 0 Å². The van der Waals surface area contributed by atoms with Crippen LogP contribution in [-0.4, -0.2) is 102 Å². The summed E-state index contributed by atoms with van der Waals surface area (Å²) >= 11 is 5.68. The molecule has 0 atom stereocenters. The van der Waals surface area contributed by atoms with Gasteiger partial charge in [0.1, 0.15) is 22.2 Å². The minimum absolute atomic E-state index is 0.0914. The van der Waals surface area contributed by atoms with E-state index >= 15 is 0 Å². The molecule has 1 amide bonds. The number of carboxylic acid groups (broad SMARTS) is 1. The highest BCUT2D eigenvalue weighted by atomic mass is 35.5. The first-order valence-corrected chi connectivity index (χ1v) is 19.4. The molecule has 0 spiro atoms. The van der Waals surface area contributed by atoms with Gasteiger partial charge < -0.3 is 24.8 Å². The Balaban J connectivity index is 1.59. The Bertz CT molecular complexity index is 1590. The normalized spacial score (nSPS) is 14.8. The third kappa shape index (κ3) is 8.07. The fraction of sp³-hybridized carbons (Fsp3) is 0.417. The SMILES string of the molecule is CN(C)c1ccc2c(c1)[Si](C)(C)C1=CC(=[N+](C)C)C=CC1=C2c1ccc(C(=O)NCCOCCOCCCCCCl)cc1C(=O)O. The maximum absolute atomic E-state index is 13.0. The predicted octanol–water partition coefficient (Wildman–Crippen LogP) is 5.10. The second-order valence-corrected chi connectivity index (χ2v) is 17.2. The molecule has 0 unspecified atom stereocenters. The zero-order valence-electron chi connectivity index (χ0n) is 27.9. The molecule has 2 aromatic rings. The van der Waals surface area contributed by atoms with Crippen LogP contribution in [0.15, 0.2) is 65.4 Å². The average molecular weight is 665 g/mol. The summed E-state index contributed by atoms with van der Waals surface area (Å²) in [6.45, 7) is 6.97. The molecule has 1 aliphatic carbocycles. The minimum Gasteiger partial charge on any atom is -0.478 e. The van der Waals surface area contributed by atoms with E-state index in [1.54, 1.807) is 12.1 Å². The van der Waals surface area contributed by atoms with Crippen LogP contribution in [0.25, 0.3) is 5.57 Å². The van der Waals surface area contributed by atoms with Crippen LogP contribution < -0.4 is 15.4 Å². The third-order valence-electron chi connectivity index (χ3n) is 8.53. The summed E-state index contributed by atoms with van der Waals surface area (Å²) in [6, 6.07) is 11.4. The number of rotatable bonds is 15. The number of aromatic carboxylic acids is 1. The van der Waals surface area contributed by atoms with Gasteiger partial charge in [-0.05, 0) is 82.3 Å². The molecule has 2 N–H and O–H groups in total. The van der Waals surface area contributed by atoms with Crippen molar-refractivity contribution < 1.29 is 28.7 Å². The molecule has 0 saturated carbocycles. The van der Waals surface area contributed by atoms with Gasteiger partial charge in [-0.2, -0.15) is 0 Å². The van der Waals surface area contributed by atoms with Crippen molar-refractivity contribution in [2.45, 2.75) is 32.4 Å². The topological polar surface area (TPSA) is 91.1 Å². The van der Waals surface area contributed by atoms with E-state index in [0.717, 1.165) is 47.4 Å². The van der Waals surface area contributed by atoms with Gasteiger partial charge in [-0.1, -0.05) is 25.2 Å². The monoisotopic (exact) mass is 664 g/mol. The number of nitrogens with zero attached hydrogens (tertiary/aromatic N) is 2. The number of allylic oxidation sites excluding steroid dienone is 5. The van der Waals surface area contributed by atoms with Gasteiger partial charge in [-0.15, -0.1) is 11.6 Å². The lowest BCUT2D eigenvalue weighted by molar-refractivity contribution is -0.462. The zero-order valence-corrected chi connectivity index (χ0v) is 29.7. The van der Waals surface area contributed by atoms with E-state index in [0.29, 0.717) is 50.0 Å². The van der Waals surface area contributed by atoms with Crippen LogP contribution in [0.3, 0.4) is 0 Å². The van der Waals surface area contributed by atoms with E-state index in [1.165, 1.54) is 16.4 Å². The Kier molecular flexibility index (Phi) is 12.2. The number of hydrogen-bond acceptors (Lipinski definition) is 5. The number of amides is 1. The summed E-state index contributed by atoms with van der Waals surface area (Å²) in [7, 11) is 5.94. The Morgan fingerprint density at radius 2 is 1.65 bits per heavy atom. The van der Waals surface area contributed by atoms with Crippen LogP contribution in [-0.2, 0) is 9.47 Å². The number of nitrogens with one attached hydrogen (secondary N) is 1. The second-order valence-electron chi connectivity index (χ2n) is 12.5. The quantitative estimate of drug-likeness (QED) is 0.119. The van der Waals surface area contributed by atoms with Crippen molar-refractivity contribution in [1.29, 1.82) is 0 Å². The molecule has 1 aliphatic heterocycles. The smallest absolute Gasteiger partial charge is 0.336 e. The predicted molar refractivity (Wildman–Crippen MR) is 190 cm³/mol. The van der Waals surface area contributed by atoms with Crippen LogP contribution in [0.1, 0.15) is 51.1 Å². The summed E-state index contributed by atoms with van der Waals surface area (Å²) in [6.07, 6.45) is 9.49. The summed E-state index contributed by atoms with van der Waals surface area (Å²) < 4.78 is 13.2. The standard InChI is InChI=1S/C36H46ClN3O5Si/c1-39(2)26-11-14-29-32(23-26)46(5,6)33-24-27(40(3)4)12-15-30(33)34(29)28-13-10-25(22-31(28)36(42)43)35(41)38-17-19-45-21-20-44-18-9-7-8-16-37/h10-15,22-24H,7-9,16-21H2,1-6H3,(H-,38,41,42,43)/p+1. The molecule has 10 heteroatoms. The number of ether oxygens (including phenoxy) is 2. The fourth-order valence-corrected chi connectivity index (χ4v) is 9.15. The number of hydrogen-bond donors (Lipinski definition) is 2. The molecule has 46 heavy (non-hydrogen) atoms. The van der Waals surface area contributed by atoms with E-state index < -0.39 is 14.0 Å². The van der Waals surface area contributed by atoms with E-state index in [1.807, 2.05) is 28.2 Å². The highest BCUT2D eigenvalue weighted by molar-refractivity contribution is 6.98. The molecule has 4 rings (SSSR count). The van der Waals surface area contributed by atoms with Crippen LogP contribution in [0.5, 0.6) is 0 Å². The number of unbranched alkanes of at least 4 members (excludes halogenated alkanes) is 2. The number of benzene rings is 2. The van der Waals surface area contributed by atoms with Gasteiger partial charge in [0, 0.05) is 56.5 Å². The van der Waals surface area contributed by atoms with Crippen molar-refractivity contribution in [2.75, 3.05) is 71.9 Å². The maximum atomic E-state index is 13.0. The summed E-state index contributed by atoms with van der Waals surface area (Å²) in [5.41, 5.74) is 6.15. The molecule has 0 bridgehead atoms. The van der Waals surface area contributed by atoms with E-state index in [2.05, 4.69) is 64.3 Å². The largest absolute Gasteiger partial charge is 0.478 e. The second kappa shape index (κ2) is 15.9. The number of carbonyl (C=O) groups excluding carboxylic acids is 1. The maximum Gasteiger partial charge on any atom is 0.336 e. The first kappa shape index (κ1) is 35.4. The molecule has 0 aromatic heterocycles. The minimum atomic E-state index is -2.18. The molecular weight excluding hydrogens is 618 g/mol. The Morgan fingerprint density at radius 1 is 0.935 bits per heavy atom. The van der Waals surface area contributed by atoms with Gasteiger partial charge >= 0.3 is 5.97 Å². The van der Waals surface area contributed by atoms with Gasteiger partial charge in [0.25, 0.3) is 5.91 Å². The molecule has 1 heterocycles. The van der Waals surface area contributed by atoms with Crippen molar-refractivity contribution in [2.24, 2.45) is 0 Å². The van der Waals surface area contributed by atoms with Crippen molar-refractivity contribution in [3.05, 3.63) is 87.6 Å². The lowest BCUT2D eigenvalue weighted by Gasteiger charge is -2.38. The number of carboxylic acids is 1. The van der Waals surface area contributed by atoms with Crippen molar-refractivity contribution in [1.82, 2.24) is 5.32 Å². The third-order valence-corrected chi connectivity index (χ3v) is 12.3. The van der Waals surface area contributed by atoms with E-state index in [4.69, 9.17) is 21.1 Å². The summed E-state index contributed by atoms with van der Waals surface area (Å²) in [4.78, 5) is 27.9. The zero-order chi connectivity index (χ0) is 33.4. The van der Waals surface area contributed by atoms with Gasteiger partial charge in [0.15, 0.2) is 5.71 Å². The van der Waals surface area contributed by atoms with E-state index in [-0.39, 0.29) is 11.5 Å². The summed E-state index contributed by atoms with van der Waals surface area (Å²) in [5, 5.41) is 15.8. The first-order chi connectivity index (χ1) is 22.0. The molecule has 0 saturated heterocycles. The van der Waals surface area contributed by atoms with E-state index in [9.17, 15) is 14.7 Å². The fourth-order valence-electron chi connectivity index (χ4n) is 5.89. The number of fused-ring (bicyclic) bond motifs is 2. The lowest BCUT2D eigenvalue weighted by atomic mass is 9.86. The highest BCUT2D eigenvalue weighted by Gasteiger charge is 2.41. The number of halogens is 1. The highest BCUT2D eigenvalue weighted by Crippen LogP contribution is 2.42. The molecule has 2 aromatic carbocycles. The van der Waals surface area contributed by atoms with Crippen LogP contribution in [0.4, 0.5) is 5.69 Å². The molecule has 246 valence electrons. The molecule has 0 fully saturated rings. The average Bonchev–Trinajstić information content (AvgIpc) is 3.03. The molecule has 0 radical (unpaired) electrons. The Morgan fingerprint density at radius 3 is 2.33 bits per heavy atom. The van der Waals surface area contributed by atoms with Gasteiger partial charge in [-0.3, -0.25) is 4.79 Å². The molecule has 8 nitrogen and oxygen atoms in total. The van der Waals surface area contributed by atoms with Crippen molar-refractivity contribution >= 4 is 53.7 Å². The lowest BCUT2D eigenvalue weighted by Crippen LogP contribution is -2.49. The first-order valence-electron chi connectivity index (χ1n) is 15.9. The van der Waals surface area contributed by atoms with Gasteiger partial charge in [-0.25, -0.2) is 9.37 Å². The van der Waals surface area contributed by atoms with Gasteiger partial charge in [0.2, 0.25) is 0 Å². The molecule has 2 aliphatic rings. The number of anilines is 1. The number of alkyl halides is 1. The Labute approximate surface area is 279 Å². The van der Waals surface area contributed by atoms with Crippen LogP contribution in [0, 0.1) is 0 Å². The number of carbonyl (C=O) groups is 2.